The summed E-state index contributed by atoms with van der Waals surface area (Å²) in [5.74, 6) is 0.258. The van der Waals surface area contributed by atoms with Gasteiger partial charge in [-0.05, 0) is 39.5 Å². The zero-order chi connectivity index (χ0) is 15.9. The SMILES string of the molecule is CC(C)COCCNCc1ccc(OC(F)(F)F)c(Br)c1. The molecule has 0 aromatic heterocycles. The summed E-state index contributed by atoms with van der Waals surface area (Å²) in [6.07, 6.45) is -4.68. The molecule has 0 amide bonds. The van der Waals surface area contributed by atoms with Gasteiger partial charge in [-0.3, -0.25) is 0 Å². The molecule has 120 valence electrons. The van der Waals surface area contributed by atoms with Gasteiger partial charge in [0.1, 0.15) is 5.75 Å². The molecule has 0 bridgehead atoms. The van der Waals surface area contributed by atoms with E-state index in [1.54, 1.807) is 12.1 Å². The van der Waals surface area contributed by atoms with E-state index in [1.165, 1.54) is 6.07 Å². The number of halogens is 4. The summed E-state index contributed by atoms with van der Waals surface area (Å²) < 4.78 is 46.0. The number of nitrogens with one attached hydrogen (secondary N) is 1. The minimum absolute atomic E-state index is 0.244. The van der Waals surface area contributed by atoms with Crippen LogP contribution in [0.5, 0.6) is 5.75 Å². The van der Waals surface area contributed by atoms with E-state index in [0.717, 1.165) is 12.2 Å². The highest BCUT2D eigenvalue weighted by atomic mass is 79.9. The van der Waals surface area contributed by atoms with E-state index in [1.807, 2.05) is 0 Å². The highest BCUT2D eigenvalue weighted by Crippen LogP contribution is 2.30. The molecule has 0 heterocycles. The van der Waals surface area contributed by atoms with Crippen molar-refractivity contribution in [2.75, 3.05) is 19.8 Å². The molecule has 0 fully saturated rings. The Kier molecular flexibility index (Phi) is 7.48. The molecule has 0 saturated heterocycles. The van der Waals surface area contributed by atoms with Gasteiger partial charge in [0.15, 0.2) is 0 Å². The summed E-state index contributed by atoms with van der Waals surface area (Å²) in [5, 5.41) is 3.16. The number of hydrogen-bond acceptors (Lipinski definition) is 3. The first-order valence-electron chi connectivity index (χ1n) is 6.60. The van der Waals surface area contributed by atoms with Gasteiger partial charge in [0.25, 0.3) is 0 Å². The molecule has 1 aromatic rings. The van der Waals surface area contributed by atoms with Crippen molar-refractivity contribution in [3.05, 3.63) is 28.2 Å². The predicted molar refractivity (Wildman–Crippen MR) is 78.2 cm³/mol. The van der Waals surface area contributed by atoms with Crippen LogP contribution in [0.4, 0.5) is 13.2 Å². The van der Waals surface area contributed by atoms with Crippen LogP contribution < -0.4 is 10.1 Å². The Balaban J connectivity index is 2.35. The van der Waals surface area contributed by atoms with E-state index >= 15 is 0 Å². The van der Waals surface area contributed by atoms with Gasteiger partial charge in [0, 0.05) is 19.7 Å². The fraction of sp³-hybridized carbons (Fsp3) is 0.571. The van der Waals surface area contributed by atoms with E-state index in [4.69, 9.17) is 4.74 Å². The maximum absolute atomic E-state index is 12.1. The molecule has 0 spiro atoms. The topological polar surface area (TPSA) is 30.5 Å². The number of ether oxygens (including phenoxy) is 2. The average Bonchev–Trinajstić information content (AvgIpc) is 2.35. The third-order valence-corrected chi connectivity index (χ3v) is 3.05. The monoisotopic (exact) mass is 369 g/mol. The predicted octanol–water partition coefficient (Wildman–Crippen LogP) is 4.11. The highest BCUT2D eigenvalue weighted by molar-refractivity contribution is 9.10. The lowest BCUT2D eigenvalue weighted by Gasteiger charge is -2.12. The van der Waals surface area contributed by atoms with Crippen molar-refractivity contribution >= 4 is 15.9 Å². The molecule has 0 aliphatic carbocycles. The van der Waals surface area contributed by atoms with Crippen molar-refractivity contribution in [3.63, 3.8) is 0 Å². The van der Waals surface area contributed by atoms with Crippen LogP contribution in [0.15, 0.2) is 22.7 Å². The Labute approximate surface area is 130 Å². The smallest absolute Gasteiger partial charge is 0.405 e. The summed E-state index contributed by atoms with van der Waals surface area (Å²) >= 11 is 3.07. The third kappa shape index (κ3) is 8.28. The van der Waals surface area contributed by atoms with Crippen LogP contribution in [0.3, 0.4) is 0 Å². The normalized spacial score (nSPS) is 12.0. The van der Waals surface area contributed by atoms with Gasteiger partial charge in [0.2, 0.25) is 0 Å². The second kappa shape index (κ2) is 8.60. The van der Waals surface area contributed by atoms with Crippen LogP contribution in [-0.4, -0.2) is 26.1 Å². The minimum atomic E-state index is -4.68. The summed E-state index contributed by atoms with van der Waals surface area (Å²) in [6.45, 7) is 6.72. The van der Waals surface area contributed by atoms with Gasteiger partial charge in [0.05, 0.1) is 11.1 Å². The second-order valence-corrected chi connectivity index (χ2v) is 5.81. The number of benzene rings is 1. The van der Waals surface area contributed by atoms with Gasteiger partial charge >= 0.3 is 6.36 Å². The number of alkyl halides is 3. The molecule has 0 radical (unpaired) electrons. The molecule has 0 atom stereocenters. The second-order valence-electron chi connectivity index (χ2n) is 4.96. The van der Waals surface area contributed by atoms with Crippen molar-refractivity contribution in [2.24, 2.45) is 5.92 Å². The van der Waals surface area contributed by atoms with Crippen molar-refractivity contribution in [2.45, 2.75) is 26.8 Å². The summed E-state index contributed by atoms with van der Waals surface area (Å²) in [4.78, 5) is 0. The molecule has 0 aliphatic rings. The van der Waals surface area contributed by atoms with E-state index in [2.05, 4.69) is 39.8 Å². The summed E-state index contributed by atoms with van der Waals surface area (Å²) in [7, 11) is 0. The van der Waals surface area contributed by atoms with Crippen LogP contribution in [-0.2, 0) is 11.3 Å². The van der Waals surface area contributed by atoms with Crippen LogP contribution in [0.1, 0.15) is 19.4 Å². The fourth-order valence-electron chi connectivity index (χ4n) is 1.56. The van der Waals surface area contributed by atoms with E-state index in [0.29, 0.717) is 25.6 Å². The first-order chi connectivity index (χ1) is 9.78. The Hall–Kier alpha value is -0.790. The lowest BCUT2D eigenvalue weighted by molar-refractivity contribution is -0.274. The summed E-state index contributed by atoms with van der Waals surface area (Å²) in [6, 6.07) is 4.49. The van der Waals surface area contributed by atoms with Gasteiger partial charge < -0.3 is 14.8 Å². The molecule has 0 unspecified atom stereocenters. The Bertz CT molecular complexity index is 439. The first kappa shape index (κ1) is 18.3. The zero-order valence-corrected chi connectivity index (χ0v) is 13.6. The van der Waals surface area contributed by atoms with Crippen molar-refractivity contribution in [1.29, 1.82) is 0 Å². The Morgan fingerprint density at radius 1 is 1.29 bits per heavy atom. The average molecular weight is 370 g/mol. The van der Waals surface area contributed by atoms with Crippen molar-refractivity contribution < 1.29 is 22.6 Å². The molecule has 1 rings (SSSR count). The van der Waals surface area contributed by atoms with Gasteiger partial charge in [-0.25, -0.2) is 0 Å². The molecular formula is C14H19BrF3NO2. The zero-order valence-electron chi connectivity index (χ0n) is 12.0. The molecular weight excluding hydrogens is 351 g/mol. The molecule has 0 aliphatic heterocycles. The molecule has 7 heteroatoms. The highest BCUT2D eigenvalue weighted by Gasteiger charge is 2.31. The number of hydrogen-bond donors (Lipinski definition) is 1. The van der Waals surface area contributed by atoms with Crippen molar-refractivity contribution in [1.82, 2.24) is 5.32 Å². The molecule has 21 heavy (non-hydrogen) atoms. The van der Waals surface area contributed by atoms with Crippen LogP contribution in [0.25, 0.3) is 0 Å². The lowest BCUT2D eigenvalue weighted by Crippen LogP contribution is -2.20. The van der Waals surface area contributed by atoms with Gasteiger partial charge in [-0.2, -0.15) is 0 Å². The lowest BCUT2D eigenvalue weighted by atomic mass is 10.2. The maximum Gasteiger partial charge on any atom is 0.573 e. The first-order valence-corrected chi connectivity index (χ1v) is 7.40. The fourth-order valence-corrected chi connectivity index (χ4v) is 2.06. The molecule has 3 nitrogen and oxygen atoms in total. The van der Waals surface area contributed by atoms with E-state index in [9.17, 15) is 13.2 Å². The van der Waals surface area contributed by atoms with Crippen LogP contribution in [0.2, 0.25) is 0 Å². The molecule has 0 saturated carbocycles. The Morgan fingerprint density at radius 2 is 2.00 bits per heavy atom. The Morgan fingerprint density at radius 3 is 2.57 bits per heavy atom. The quantitative estimate of drug-likeness (QED) is 0.699. The standard InChI is InChI=1S/C14H19BrF3NO2/c1-10(2)9-20-6-5-19-8-11-3-4-13(12(15)7-11)21-14(16,17)18/h3-4,7,10,19H,5-6,8-9H2,1-2H3. The van der Waals surface area contributed by atoms with Crippen LogP contribution >= 0.6 is 15.9 Å². The van der Waals surface area contributed by atoms with E-state index < -0.39 is 6.36 Å². The number of rotatable bonds is 8. The largest absolute Gasteiger partial charge is 0.573 e. The maximum atomic E-state index is 12.1. The summed E-state index contributed by atoms with van der Waals surface area (Å²) in [5.41, 5.74) is 0.861. The van der Waals surface area contributed by atoms with Gasteiger partial charge in [-0.1, -0.05) is 19.9 Å². The minimum Gasteiger partial charge on any atom is -0.405 e. The molecule has 1 N–H and O–H groups in total. The van der Waals surface area contributed by atoms with Crippen LogP contribution in [0, 0.1) is 5.92 Å². The third-order valence-electron chi connectivity index (χ3n) is 2.43. The van der Waals surface area contributed by atoms with Crippen molar-refractivity contribution in [3.8, 4) is 5.75 Å². The van der Waals surface area contributed by atoms with Gasteiger partial charge in [-0.15, -0.1) is 13.2 Å². The van der Waals surface area contributed by atoms with E-state index in [-0.39, 0.29) is 10.2 Å². The molecule has 1 aromatic carbocycles.